The molecule has 0 unspecified atom stereocenters. The smallest absolute Gasteiger partial charge is 0.336 e. The summed E-state index contributed by atoms with van der Waals surface area (Å²) in [5, 5.41) is 14.5. The number of hydrogen-bond acceptors (Lipinski definition) is 5. The third-order valence-corrected chi connectivity index (χ3v) is 4.60. The molecule has 140 valence electrons. The van der Waals surface area contributed by atoms with Crippen LogP contribution in [-0.4, -0.2) is 12.2 Å². The summed E-state index contributed by atoms with van der Waals surface area (Å²) in [6, 6.07) is 21.8. The highest BCUT2D eigenvalue weighted by Gasteiger charge is 2.12. The van der Waals surface area contributed by atoms with Crippen molar-refractivity contribution in [3.05, 3.63) is 88.8 Å². The van der Waals surface area contributed by atoms with E-state index in [1.54, 1.807) is 19.2 Å². The van der Waals surface area contributed by atoms with Gasteiger partial charge in [-0.05, 0) is 47.5 Å². The molecule has 5 heteroatoms. The van der Waals surface area contributed by atoms with Crippen molar-refractivity contribution in [2.75, 3.05) is 12.4 Å². The number of methoxy groups -OCH3 is 1. The summed E-state index contributed by atoms with van der Waals surface area (Å²) < 4.78 is 10.5. The zero-order valence-corrected chi connectivity index (χ0v) is 15.3. The fraction of sp³-hybridized carbons (Fsp3) is 0.0870. The summed E-state index contributed by atoms with van der Waals surface area (Å²) >= 11 is 0. The molecule has 28 heavy (non-hydrogen) atoms. The van der Waals surface area contributed by atoms with Gasteiger partial charge in [0.2, 0.25) is 0 Å². The minimum absolute atomic E-state index is 0.137. The fourth-order valence-electron chi connectivity index (χ4n) is 3.16. The zero-order valence-electron chi connectivity index (χ0n) is 15.3. The molecule has 0 aliphatic carbocycles. The molecular weight excluding hydrogens is 354 g/mol. The number of phenolic OH excluding ortho intramolecular Hbond substituents is 1. The largest absolute Gasteiger partial charge is 0.507 e. The number of ether oxygens (including phenoxy) is 1. The topological polar surface area (TPSA) is 71.7 Å². The molecule has 1 heterocycles. The van der Waals surface area contributed by atoms with Crippen LogP contribution in [0.3, 0.4) is 0 Å². The lowest BCUT2D eigenvalue weighted by atomic mass is 10.0. The number of hydrogen-bond donors (Lipinski definition) is 2. The van der Waals surface area contributed by atoms with Crippen LogP contribution in [-0.2, 0) is 6.54 Å². The van der Waals surface area contributed by atoms with Crippen molar-refractivity contribution < 1.29 is 14.3 Å². The van der Waals surface area contributed by atoms with Crippen LogP contribution in [0, 0.1) is 0 Å². The Morgan fingerprint density at radius 2 is 1.75 bits per heavy atom. The Kier molecular flexibility index (Phi) is 4.72. The number of rotatable bonds is 5. The molecule has 5 nitrogen and oxygen atoms in total. The molecule has 0 bridgehead atoms. The molecule has 4 rings (SSSR count). The van der Waals surface area contributed by atoms with Gasteiger partial charge in [0.15, 0.2) is 0 Å². The molecule has 3 aromatic carbocycles. The number of aromatic hydroxyl groups is 1. The first-order chi connectivity index (χ1) is 13.6. The van der Waals surface area contributed by atoms with Crippen LogP contribution >= 0.6 is 0 Å². The first kappa shape index (κ1) is 17.7. The van der Waals surface area contributed by atoms with E-state index in [1.165, 1.54) is 6.07 Å². The number of benzene rings is 3. The second-order valence-electron chi connectivity index (χ2n) is 6.40. The minimum Gasteiger partial charge on any atom is -0.507 e. The molecule has 0 aliphatic heterocycles. The van der Waals surface area contributed by atoms with Gasteiger partial charge in [0.25, 0.3) is 0 Å². The van der Waals surface area contributed by atoms with E-state index in [4.69, 9.17) is 9.15 Å². The standard InChI is InChI=1S/C23H19NO4/c1-27-18-9-7-17(8-10-18)24-14-16-11-23(26)28-22-13-19(21(25)12-20(16)22)15-5-3-2-4-6-15/h2-13,24-25H,14H2,1H3. The Morgan fingerprint density at radius 1 is 1.00 bits per heavy atom. The molecule has 0 spiro atoms. The van der Waals surface area contributed by atoms with Gasteiger partial charge < -0.3 is 19.6 Å². The number of phenols is 1. The molecule has 2 N–H and O–H groups in total. The van der Waals surface area contributed by atoms with Crippen LogP contribution in [0.25, 0.3) is 22.1 Å². The van der Waals surface area contributed by atoms with Gasteiger partial charge in [-0.25, -0.2) is 4.79 Å². The van der Waals surface area contributed by atoms with Gasteiger partial charge in [0.1, 0.15) is 17.1 Å². The van der Waals surface area contributed by atoms with Crippen LogP contribution in [0.1, 0.15) is 5.56 Å². The summed E-state index contributed by atoms with van der Waals surface area (Å²) in [6.45, 7) is 0.415. The molecule has 0 radical (unpaired) electrons. The lowest BCUT2D eigenvalue weighted by molar-refractivity contribution is 0.415. The highest BCUT2D eigenvalue weighted by Crippen LogP contribution is 2.34. The maximum atomic E-state index is 12.1. The summed E-state index contributed by atoms with van der Waals surface area (Å²) in [4.78, 5) is 12.1. The van der Waals surface area contributed by atoms with Crippen LogP contribution in [0.15, 0.2) is 82.0 Å². The van der Waals surface area contributed by atoms with E-state index < -0.39 is 5.63 Å². The van der Waals surface area contributed by atoms with E-state index in [0.29, 0.717) is 23.1 Å². The minimum atomic E-state index is -0.427. The monoisotopic (exact) mass is 373 g/mol. The van der Waals surface area contributed by atoms with Gasteiger partial charge in [-0.3, -0.25) is 0 Å². The Labute approximate surface area is 161 Å². The summed E-state index contributed by atoms with van der Waals surface area (Å²) in [5.74, 6) is 0.910. The van der Waals surface area contributed by atoms with E-state index in [-0.39, 0.29) is 5.75 Å². The Hall–Kier alpha value is -3.73. The molecular formula is C23H19NO4. The highest BCUT2D eigenvalue weighted by molar-refractivity contribution is 5.89. The van der Waals surface area contributed by atoms with Crippen molar-refractivity contribution >= 4 is 16.7 Å². The van der Waals surface area contributed by atoms with Crippen molar-refractivity contribution in [3.8, 4) is 22.6 Å². The first-order valence-electron chi connectivity index (χ1n) is 8.87. The lowest BCUT2D eigenvalue weighted by Crippen LogP contribution is -2.06. The average Bonchev–Trinajstić information content (AvgIpc) is 2.73. The second-order valence-corrected chi connectivity index (χ2v) is 6.40. The molecule has 4 aromatic rings. The summed E-state index contributed by atoms with van der Waals surface area (Å²) in [7, 11) is 1.62. The normalized spacial score (nSPS) is 10.8. The molecule has 0 atom stereocenters. The van der Waals surface area contributed by atoms with Crippen LogP contribution < -0.4 is 15.7 Å². The second kappa shape index (κ2) is 7.48. The number of anilines is 1. The lowest BCUT2D eigenvalue weighted by Gasteiger charge is -2.11. The van der Waals surface area contributed by atoms with Gasteiger partial charge >= 0.3 is 5.63 Å². The number of fused-ring (bicyclic) bond motifs is 1. The predicted molar refractivity (Wildman–Crippen MR) is 110 cm³/mol. The van der Waals surface area contributed by atoms with Crippen molar-refractivity contribution in [1.82, 2.24) is 0 Å². The third kappa shape index (κ3) is 3.55. The van der Waals surface area contributed by atoms with Crippen LogP contribution in [0.4, 0.5) is 5.69 Å². The Bertz CT molecular complexity index is 1170. The summed E-state index contributed by atoms with van der Waals surface area (Å²) in [5.41, 5.74) is 3.13. The molecule has 0 fully saturated rings. The first-order valence-corrected chi connectivity index (χ1v) is 8.87. The van der Waals surface area contributed by atoms with Gasteiger partial charge in [-0.2, -0.15) is 0 Å². The maximum Gasteiger partial charge on any atom is 0.336 e. The maximum absolute atomic E-state index is 12.1. The zero-order chi connectivity index (χ0) is 19.5. The number of nitrogens with one attached hydrogen (secondary N) is 1. The molecule has 0 aliphatic rings. The van der Waals surface area contributed by atoms with E-state index in [0.717, 1.165) is 22.6 Å². The van der Waals surface area contributed by atoms with Crippen molar-refractivity contribution in [1.29, 1.82) is 0 Å². The van der Waals surface area contributed by atoms with Crippen molar-refractivity contribution in [3.63, 3.8) is 0 Å². The highest BCUT2D eigenvalue weighted by atomic mass is 16.5. The van der Waals surface area contributed by atoms with E-state index in [2.05, 4.69) is 5.32 Å². The van der Waals surface area contributed by atoms with Gasteiger partial charge in [0, 0.05) is 29.2 Å². The molecule has 0 saturated heterocycles. The molecule has 0 saturated carbocycles. The predicted octanol–water partition coefficient (Wildman–Crippen LogP) is 4.79. The summed E-state index contributed by atoms with van der Waals surface area (Å²) in [6.07, 6.45) is 0. The fourth-order valence-corrected chi connectivity index (χ4v) is 3.16. The SMILES string of the molecule is COc1ccc(NCc2cc(=O)oc3cc(-c4ccccc4)c(O)cc23)cc1. The van der Waals surface area contributed by atoms with Gasteiger partial charge in [-0.15, -0.1) is 0 Å². The quantitative estimate of drug-likeness (QED) is 0.492. The van der Waals surface area contributed by atoms with E-state index >= 15 is 0 Å². The third-order valence-electron chi connectivity index (χ3n) is 4.60. The van der Waals surface area contributed by atoms with E-state index in [9.17, 15) is 9.90 Å². The van der Waals surface area contributed by atoms with Gasteiger partial charge in [-0.1, -0.05) is 30.3 Å². The van der Waals surface area contributed by atoms with Crippen molar-refractivity contribution in [2.24, 2.45) is 0 Å². The van der Waals surface area contributed by atoms with Crippen LogP contribution in [0.2, 0.25) is 0 Å². The Balaban J connectivity index is 1.70. The van der Waals surface area contributed by atoms with E-state index in [1.807, 2.05) is 54.6 Å². The average molecular weight is 373 g/mol. The molecule has 1 aromatic heterocycles. The van der Waals surface area contributed by atoms with Crippen LogP contribution in [0.5, 0.6) is 11.5 Å². The van der Waals surface area contributed by atoms with Gasteiger partial charge in [0.05, 0.1) is 7.11 Å². The van der Waals surface area contributed by atoms with Crippen molar-refractivity contribution in [2.45, 2.75) is 6.54 Å². The molecule has 0 amide bonds. The Morgan fingerprint density at radius 3 is 2.46 bits per heavy atom.